The second-order valence-electron chi connectivity index (χ2n) is 4.51. The summed E-state index contributed by atoms with van der Waals surface area (Å²) in [6, 6.07) is 5.29. The van der Waals surface area contributed by atoms with Crippen molar-refractivity contribution in [2.75, 3.05) is 7.11 Å². The zero-order valence-corrected chi connectivity index (χ0v) is 12.6. The number of rotatable bonds is 5. The van der Waals surface area contributed by atoms with Gasteiger partial charge in [-0.2, -0.15) is 0 Å². The average Bonchev–Trinajstić information content (AvgIpc) is 2.29. The monoisotopic (exact) mass is 318 g/mol. The molecule has 0 heterocycles. The lowest BCUT2D eigenvalue weighted by Gasteiger charge is -2.22. The lowest BCUT2D eigenvalue weighted by Crippen LogP contribution is -2.23. The minimum Gasteiger partial charge on any atom is -0.379 e. The molecule has 0 aromatic heterocycles. The molecular formula is C13H16BrClO2. The summed E-state index contributed by atoms with van der Waals surface area (Å²) in [7, 11) is 1.65. The second-order valence-corrected chi connectivity index (χ2v) is 5.83. The summed E-state index contributed by atoms with van der Waals surface area (Å²) in [5, 5.41) is 0.494. The topological polar surface area (TPSA) is 26.3 Å². The summed E-state index contributed by atoms with van der Waals surface area (Å²) in [5.74, 6) is 0.0430. The van der Waals surface area contributed by atoms with E-state index in [9.17, 15) is 4.79 Å². The molecule has 0 N–H and O–H groups in total. The third-order valence-electron chi connectivity index (χ3n) is 2.74. The van der Waals surface area contributed by atoms with Gasteiger partial charge in [0, 0.05) is 23.6 Å². The zero-order chi connectivity index (χ0) is 13.1. The van der Waals surface area contributed by atoms with Crippen LogP contribution >= 0.6 is 27.5 Å². The Kier molecular flexibility index (Phi) is 5.17. The highest BCUT2D eigenvalue weighted by Crippen LogP contribution is 2.24. The number of hydrogen-bond acceptors (Lipinski definition) is 2. The minimum atomic E-state index is -0.284. The van der Waals surface area contributed by atoms with E-state index in [0.717, 1.165) is 4.47 Å². The molecule has 0 aliphatic carbocycles. The molecule has 1 aromatic carbocycles. The molecule has 1 aromatic rings. The number of halogens is 2. The molecule has 0 aliphatic heterocycles. The number of methoxy groups -OCH3 is 1. The third kappa shape index (κ3) is 4.41. The molecular weight excluding hydrogens is 303 g/mol. The molecule has 94 valence electrons. The standard InChI is InChI=1S/C13H16BrClO2/c1-13(2,17-3)7-6-12(16)10-8-9(14)4-5-11(10)15/h4-5,8H,6-7H2,1-3H3. The van der Waals surface area contributed by atoms with Crippen LogP contribution in [-0.2, 0) is 4.74 Å². The van der Waals surface area contributed by atoms with Crippen LogP contribution in [0.25, 0.3) is 0 Å². The van der Waals surface area contributed by atoms with Crippen molar-refractivity contribution in [2.45, 2.75) is 32.3 Å². The molecule has 2 nitrogen and oxygen atoms in total. The van der Waals surface area contributed by atoms with Crippen LogP contribution in [0.1, 0.15) is 37.0 Å². The number of Topliss-reactive ketones (excluding diaryl/α,β-unsaturated/α-hetero) is 1. The lowest BCUT2D eigenvalue weighted by molar-refractivity contribution is 0.0141. The maximum absolute atomic E-state index is 12.0. The maximum Gasteiger partial charge on any atom is 0.164 e. The summed E-state index contributed by atoms with van der Waals surface area (Å²) < 4.78 is 6.14. The van der Waals surface area contributed by atoms with Gasteiger partial charge in [0.1, 0.15) is 0 Å². The molecule has 0 saturated carbocycles. The van der Waals surface area contributed by atoms with Crippen LogP contribution in [0, 0.1) is 0 Å². The summed E-state index contributed by atoms with van der Waals surface area (Å²) in [6.07, 6.45) is 1.10. The first kappa shape index (κ1) is 14.7. The van der Waals surface area contributed by atoms with E-state index in [1.165, 1.54) is 0 Å². The molecule has 1 rings (SSSR count). The number of ketones is 1. The largest absolute Gasteiger partial charge is 0.379 e. The Morgan fingerprint density at radius 1 is 1.47 bits per heavy atom. The van der Waals surface area contributed by atoms with Gasteiger partial charge >= 0.3 is 0 Å². The highest BCUT2D eigenvalue weighted by Gasteiger charge is 2.19. The van der Waals surface area contributed by atoms with Crippen molar-refractivity contribution in [3.8, 4) is 0 Å². The Morgan fingerprint density at radius 2 is 2.12 bits per heavy atom. The molecule has 0 radical (unpaired) electrons. The van der Waals surface area contributed by atoms with E-state index in [1.807, 2.05) is 19.9 Å². The number of hydrogen-bond donors (Lipinski definition) is 0. The van der Waals surface area contributed by atoms with E-state index in [2.05, 4.69) is 15.9 Å². The summed E-state index contributed by atoms with van der Waals surface area (Å²) in [6.45, 7) is 3.92. The van der Waals surface area contributed by atoms with Crippen molar-refractivity contribution in [3.05, 3.63) is 33.3 Å². The fourth-order valence-electron chi connectivity index (χ4n) is 1.36. The quantitative estimate of drug-likeness (QED) is 0.747. The van der Waals surface area contributed by atoms with Crippen molar-refractivity contribution in [3.63, 3.8) is 0 Å². The summed E-state index contributed by atoms with van der Waals surface area (Å²) >= 11 is 9.34. The van der Waals surface area contributed by atoms with Crippen molar-refractivity contribution in [1.82, 2.24) is 0 Å². The Bertz CT molecular complexity index is 416. The van der Waals surface area contributed by atoms with E-state index >= 15 is 0 Å². The maximum atomic E-state index is 12.0. The van der Waals surface area contributed by atoms with Gasteiger partial charge < -0.3 is 4.74 Å². The van der Waals surface area contributed by atoms with Crippen LogP contribution in [-0.4, -0.2) is 18.5 Å². The first-order chi connectivity index (χ1) is 7.85. The lowest BCUT2D eigenvalue weighted by atomic mass is 9.98. The van der Waals surface area contributed by atoms with Crippen LogP contribution in [0.15, 0.2) is 22.7 Å². The van der Waals surface area contributed by atoms with Crippen molar-refractivity contribution < 1.29 is 9.53 Å². The Morgan fingerprint density at radius 3 is 2.71 bits per heavy atom. The van der Waals surface area contributed by atoms with Crippen LogP contribution < -0.4 is 0 Å². The summed E-state index contributed by atoms with van der Waals surface area (Å²) in [5.41, 5.74) is 0.279. The van der Waals surface area contributed by atoms with Crippen LogP contribution in [0.5, 0.6) is 0 Å². The Balaban J connectivity index is 2.74. The highest BCUT2D eigenvalue weighted by molar-refractivity contribution is 9.10. The van der Waals surface area contributed by atoms with E-state index in [1.54, 1.807) is 19.2 Å². The van der Waals surface area contributed by atoms with Gasteiger partial charge in [0.15, 0.2) is 5.78 Å². The highest BCUT2D eigenvalue weighted by atomic mass is 79.9. The van der Waals surface area contributed by atoms with Gasteiger partial charge in [-0.3, -0.25) is 4.79 Å². The molecule has 0 spiro atoms. The second kappa shape index (κ2) is 5.98. The van der Waals surface area contributed by atoms with E-state index < -0.39 is 0 Å². The van der Waals surface area contributed by atoms with E-state index in [0.29, 0.717) is 23.4 Å². The smallest absolute Gasteiger partial charge is 0.164 e. The van der Waals surface area contributed by atoms with Crippen LogP contribution in [0.2, 0.25) is 5.02 Å². The zero-order valence-electron chi connectivity index (χ0n) is 10.2. The predicted molar refractivity (Wildman–Crippen MR) is 73.8 cm³/mol. The van der Waals surface area contributed by atoms with E-state index in [4.69, 9.17) is 16.3 Å². The molecule has 0 bridgehead atoms. The Hall–Kier alpha value is -0.380. The SMILES string of the molecule is COC(C)(C)CCC(=O)c1cc(Br)ccc1Cl. The molecule has 0 unspecified atom stereocenters. The van der Waals surface area contributed by atoms with Gasteiger partial charge in [-0.05, 0) is 38.5 Å². The number of carbonyl (C=O) groups excluding carboxylic acids is 1. The first-order valence-corrected chi connectivity index (χ1v) is 6.56. The fraction of sp³-hybridized carbons (Fsp3) is 0.462. The molecule has 4 heteroatoms. The van der Waals surface area contributed by atoms with E-state index in [-0.39, 0.29) is 11.4 Å². The molecule has 0 amide bonds. The molecule has 0 saturated heterocycles. The summed E-state index contributed by atoms with van der Waals surface area (Å²) in [4.78, 5) is 12.0. The first-order valence-electron chi connectivity index (χ1n) is 5.39. The molecule has 0 atom stereocenters. The van der Waals surface area contributed by atoms with Gasteiger partial charge in [-0.25, -0.2) is 0 Å². The fourth-order valence-corrected chi connectivity index (χ4v) is 1.95. The number of benzene rings is 1. The number of carbonyl (C=O) groups is 1. The average molecular weight is 320 g/mol. The predicted octanol–water partition coefficient (Wildman–Crippen LogP) is 4.49. The number of ether oxygens (including phenoxy) is 1. The Labute approximate surface area is 115 Å². The normalized spacial score (nSPS) is 11.6. The van der Waals surface area contributed by atoms with Gasteiger partial charge in [-0.1, -0.05) is 27.5 Å². The van der Waals surface area contributed by atoms with Gasteiger partial charge in [0.05, 0.1) is 10.6 Å². The van der Waals surface area contributed by atoms with Gasteiger partial charge in [0.25, 0.3) is 0 Å². The van der Waals surface area contributed by atoms with Crippen molar-refractivity contribution in [1.29, 1.82) is 0 Å². The van der Waals surface area contributed by atoms with Crippen LogP contribution in [0.4, 0.5) is 0 Å². The van der Waals surface area contributed by atoms with Crippen molar-refractivity contribution >= 4 is 33.3 Å². The van der Waals surface area contributed by atoms with Gasteiger partial charge in [0.2, 0.25) is 0 Å². The van der Waals surface area contributed by atoms with Crippen molar-refractivity contribution in [2.24, 2.45) is 0 Å². The molecule has 0 fully saturated rings. The van der Waals surface area contributed by atoms with Crippen LogP contribution in [0.3, 0.4) is 0 Å². The van der Waals surface area contributed by atoms with Gasteiger partial charge in [-0.15, -0.1) is 0 Å². The molecule has 0 aliphatic rings. The minimum absolute atomic E-state index is 0.0430. The molecule has 17 heavy (non-hydrogen) atoms. The third-order valence-corrected chi connectivity index (χ3v) is 3.56.